The summed E-state index contributed by atoms with van der Waals surface area (Å²) in [6.45, 7) is 6.74. The minimum Gasteiger partial charge on any atom is -0.355 e. The molecule has 0 aliphatic carbocycles. The summed E-state index contributed by atoms with van der Waals surface area (Å²) in [6.07, 6.45) is 3.93. The Kier molecular flexibility index (Phi) is 8.27. The van der Waals surface area contributed by atoms with Crippen LogP contribution in [0.25, 0.3) is 0 Å². The maximum atomic E-state index is 12.8. The lowest BCUT2D eigenvalue weighted by molar-refractivity contribution is -0.130. The minimum atomic E-state index is -3.45. The predicted molar refractivity (Wildman–Crippen MR) is 117 cm³/mol. The van der Waals surface area contributed by atoms with Crippen LogP contribution < -0.4 is 5.32 Å². The van der Waals surface area contributed by atoms with Crippen molar-refractivity contribution in [1.29, 1.82) is 0 Å². The molecule has 0 atom stereocenters. The van der Waals surface area contributed by atoms with E-state index in [0.717, 1.165) is 37.1 Å². The number of thiophene rings is 1. The molecule has 2 saturated heterocycles. The van der Waals surface area contributed by atoms with E-state index in [1.165, 1.54) is 11.3 Å². The molecule has 0 aromatic carbocycles. The van der Waals surface area contributed by atoms with E-state index in [0.29, 0.717) is 50.0 Å². The van der Waals surface area contributed by atoms with Crippen molar-refractivity contribution in [1.82, 2.24) is 19.4 Å². The van der Waals surface area contributed by atoms with Gasteiger partial charge in [-0.15, -0.1) is 11.3 Å². The lowest BCUT2D eigenvalue weighted by atomic mass is 10.2. The van der Waals surface area contributed by atoms with Crippen molar-refractivity contribution < 1.29 is 18.0 Å². The molecule has 0 saturated carbocycles. The molecule has 168 valence electrons. The van der Waals surface area contributed by atoms with Gasteiger partial charge in [0.25, 0.3) is 10.0 Å². The molecular formula is C20H32N4O4S2. The van der Waals surface area contributed by atoms with Gasteiger partial charge in [0, 0.05) is 50.7 Å². The monoisotopic (exact) mass is 456 g/mol. The number of amides is 2. The zero-order valence-electron chi connectivity index (χ0n) is 17.6. The van der Waals surface area contributed by atoms with Crippen molar-refractivity contribution in [3.05, 3.63) is 17.0 Å². The van der Waals surface area contributed by atoms with E-state index >= 15 is 0 Å². The Balaban J connectivity index is 1.54. The number of nitrogens with zero attached hydrogens (tertiary/aromatic N) is 3. The van der Waals surface area contributed by atoms with Crippen LogP contribution in [0.15, 0.2) is 16.3 Å². The highest BCUT2D eigenvalue weighted by molar-refractivity contribution is 7.91. The van der Waals surface area contributed by atoms with Gasteiger partial charge in [-0.2, -0.15) is 4.31 Å². The maximum Gasteiger partial charge on any atom is 0.252 e. The molecule has 0 bridgehead atoms. The van der Waals surface area contributed by atoms with E-state index in [9.17, 15) is 18.0 Å². The van der Waals surface area contributed by atoms with Gasteiger partial charge in [0.1, 0.15) is 4.21 Å². The molecule has 2 amide bonds. The zero-order valence-corrected chi connectivity index (χ0v) is 19.3. The number of carbonyl (C=O) groups excluding carboxylic acids is 2. The molecule has 10 heteroatoms. The SMILES string of the molecule is CCNC(=O)CN1CCCN(C(=O)Cc2ccc(S(=O)(=O)N3CCCCC3)s2)CC1. The van der Waals surface area contributed by atoms with Crippen LogP contribution in [0.1, 0.15) is 37.5 Å². The number of hydrogen-bond donors (Lipinski definition) is 1. The third-order valence-electron chi connectivity index (χ3n) is 5.55. The lowest BCUT2D eigenvalue weighted by Gasteiger charge is -2.25. The van der Waals surface area contributed by atoms with E-state index in [1.807, 2.05) is 11.8 Å². The summed E-state index contributed by atoms with van der Waals surface area (Å²) in [4.78, 5) is 29.3. The Hall–Kier alpha value is -1.49. The highest BCUT2D eigenvalue weighted by Gasteiger charge is 2.28. The fourth-order valence-corrected chi connectivity index (χ4v) is 6.94. The Morgan fingerprint density at radius 1 is 1.00 bits per heavy atom. The summed E-state index contributed by atoms with van der Waals surface area (Å²) >= 11 is 1.20. The molecule has 2 aliphatic heterocycles. The average Bonchev–Trinajstić information content (AvgIpc) is 3.08. The minimum absolute atomic E-state index is 0.0123. The summed E-state index contributed by atoms with van der Waals surface area (Å²) < 4.78 is 27.5. The van der Waals surface area contributed by atoms with Crippen molar-refractivity contribution >= 4 is 33.2 Å². The molecule has 8 nitrogen and oxygen atoms in total. The topological polar surface area (TPSA) is 90.0 Å². The van der Waals surface area contributed by atoms with Crippen molar-refractivity contribution in [2.75, 3.05) is 52.4 Å². The van der Waals surface area contributed by atoms with Crippen LogP contribution in [0.3, 0.4) is 0 Å². The molecule has 3 heterocycles. The highest BCUT2D eigenvalue weighted by Crippen LogP contribution is 2.27. The normalized spacial score (nSPS) is 19.4. The fourth-order valence-electron chi connectivity index (χ4n) is 3.92. The van der Waals surface area contributed by atoms with Gasteiger partial charge in [0.15, 0.2) is 0 Å². The summed E-state index contributed by atoms with van der Waals surface area (Å²) in [6, 6.07) is 3.40. The van der Waals surface area contributed by atoms with Crippen molar-refractivity contribution in [3.63, 3.8) is 0 Å². The van der Waals surface area contributed by atoms with Crippen LogP contribution in [-0.4, -0.2) is 86.7 Å². The Bertz CT molecular complexity index is 834. The molecule has 30 heavy (non-hydrogen) atoms. The summed E-state index contributed by atoms with van der Waals surface area (Å²) in [5, 5.41) is 2.81. The standard InChI is InChI=1S/C20H32N4O4S2/c1-2-21-18(25)16-22-9-6-10-23(14-13-22)19(26)15-17-7-8-20(29-17)30(27,28)24-11-4-3-5-12-24/h7-8H,2-6,9-16H2,1H3,(H,21,25). The third-order valence-corrected chi connectivity index (χ3v) is 9.01. The quantitative estimate of drug-likeness (QED) is 0.664. The molecule has 2 aliphatic rings. The first kappa shape index (κ1) is 23.2. The first-order valence-corrected chi connectivity index (χ1v) is 13.0. The smallest absolute Gasteiger partial charge is 0.252 e. The van der Waals surface area contributed by atoms with Crippen LogP contribution in [0, 0.1) is 0 Å². The number of nitrogens with one attached hydrogen (secondary N) is 1. The van der Waals surface area contributed by atoms with E-state index in [2.05, 4.69) is 10.2 Å². The number of piperidine rings is 1. The number of sulfonamides is 1. The van der Waals surface area contributed by atoms with Gasteiger partial charge in [-0.05, 0) is 38.3 Å². The van der Waals surface area contributed by atoms with Crippen molar-refractivity contribution in [3.8, 4) is 0 Å². The molecule has 0 unspecified atom stereocenters. The lowest BCUT2D eigenvalue weighted by Crippen LogP contribution is -2.40. The number of hydrogen-bond acceptors (Lipinski definition) is 6. The maximum absolute atomic E-state index is 12.8. The second-order valence-corrected chi connectivity index (χ2v) is 11.2. The van der Waals surface area contributed by atoms with Crippen LogP contribution >= 0.6 is 11.3 Å². The summed E-state index contributed by atoms with van der Waals surface area (Å²) in [5.74, 6) is 0.0249. The van der Waals surface area contributed by atoms with Crippen molar-refractivity contribution in [2.24, 2.45) is 0 Å². The van der Waals surface area contributed by atoms with Gasteiger partial charge in [-0.1, -0.05) is 6.42 Å². The fraction of sp³-hybridized carbons (Fsp3) is 0.700. The average molecular weight is 457 g/mol. The molecule has 0 radical (unpaired) electrons. The second kappa shape index (κ2) is 10.7. The van der Waals surface area contributed by atoms with Gasteiger partial charge >= 0.3 is 0 Å². The third kappa shape index (κ3) is 6.03. The van der Waals surface area contributed by atoms with Crippen molar-refractivity contribution in [2.45, 2.75) is 43.2 Å². The number of rotatable bonds is 7. The first-order chi connectivity index (χ1) is 14.4. The molecule has 3 rings (SSSR count). The molecule has 1 aromatic heterocycles. The van der Waals surface area contributed by atoms with E-state index in [1.54, 1.807) is 16.4 Å². The Labute approximate surface area is 183 Å². The molecule has 1 aromatic rings. The Morgan fingerprint density at radius 2 is 1.77 bits per heavy atom. The van der Waals surface area contributed by atoms with Crippen LogP contribution in [0.5, 0.6) is 0 Å². The van der Waals surface area contributed by atoms with Gasteiger partial charge in [-0.3, -0.25) is 14.5 Å². The summed E-state index contributed by atoms with van der Waals surface area (Å²) in [7, 11) is -3.45. The first-order valence-electron chi connectivity index (χ1n) is 10.8. The Morgan fingerprint density at radius 3 is 2.50 bits per heavy atom. The number of carbonyl (C=O) groups is 2. The van der Waals surface area contributed by atoms with Gasteiger partial charge < -0.3 is 10.2 Å². The van der Waals surface area contributed by atoms with E-state index in [-0.39, 0.29) is 18.2 Å². The van der Waals surface area contributed by atoms with Crippen LogP contribution in [0.2, 0.25) is 0 Å². The van der Waals surface area contributed by atoms with Gasteiger partial charge in [0.2, 0.25) is 11.8 Å². The molecular weight excluding hydrogens is 424 g/mol. The van der Waals surface area contributed by atoms with E-state index in [4.69, 9.17) is 0 Å². The molecule has 2 fully saturated rings. The molecule has 0 spiro atoms. The van der Waals surface area contributed by atoms with Gasteiger partial charge in [0.05, 0.1) is 13.0 Å². The second-order valence-electron chi connectivity index (χ2n) is 7.83. The summed E-state index contributed by atoms with van der Waals surface area (Å²) in [5.41, 5.74) is 0. The van der Waals surface area contributed by atoms with Crippen LogP contribution in [0.4, 0.5) is 0 Å². The van der Waals surface area contributed by atoms with E-state index < -0.39 is 10.0 Å². The van der Waals surface area contributed by atoms with Gasteiger partial charge in [-0.25, -0.2) is 8.42 Å². The highest BCUT2D eigenvalue weighted by atomic mass is 32.2. The zero-order chi connectivity index (χ0) is 21.6. The van der Waals surface area contributed by atoms with Crippen LogP contribution in [-0.2, 0) is 26.0 Å². The largest absolute Gasteiger partial charge is 0.355 e. The molecule has 1 N–H and O–H groups in total. The number of likely N-dealkylation sites (N-methyl/N-ethyl adjacent to an activating group) is 1. The predicted octanol–water partition coefficient (Wildman–Crippen LogP) is 1.14.